The van der Waals surface area contributed by atoms with Gasteiger partial charge in [0.15, 0.2) is 0 Å². The van der Waals surface area contributed by atoms with Gasteiger partial charge in [-0.2, -0.15) is 0 Å². The van der Waals surface area contributed by atoms with E-state index in [1.165, 1.54) is 0 Å². The van der Waals surface area contributed by atoms with Gasteiger partial charge in [-0.25, -0.2) is 9.78 Å². The normalized spacial score (nSPS) is 11.2. The van der Waals surface area contributed by atoms with Crippen molar-refractivity contribution >= 4 is 28.3 Å². The lowest BCUT2D eigenvalue weighted by Crippen LogP contribution is -2.22. The summed E-state index contributed by atoms with van der Waals surface area (Å²) in [5.41, 5.74) is 2.43. The minimum Gasteiger partial charge on any atom is -0.478 e. The van der Waals surface area contributed by atoms with Gasteiger partial charge in [-0.05, 0) is 41.6 Å². The van der Waals surface area contributed by atoms with E-state index in [0.717, 1.165) is 35.5 Å². The molecule has 3 aromatic heterocycles. The van der Waals surface area contributed by atoms with Crippen LogP contribution in [0.3, 0.4) is 0 Å². The van der Waals surface area contributed by atoms with E-state index in [1.807, 2.05) is 34.3 Å². The minimum absolute atomic E-state index is 0.0571. The lowest BCUT2D eigenvalue weighted by atomic mass is 10.1. The summed E-state index contributed by atoms with van der Waals surface area (Å²) in [6.07, 6.45) is 4.64. The van der Waals surface area contributed by atoms with Gasteiger partial charge in [-0.15, -0.1) is 11.3 Å². The molecule has 0 saturated heterocycles. The molecule has 0 saturated carbocycles. The van der Waals surface area contributed by atoms with E-state index in [4.69, 9.17) is 10.1 Å². The van der Waals surface area contributed by atoms with Crippen LogP contribution in [-0.4, -0.2) is 25.2 Å². The van der Waals surface area contributed by atoms with E-state index >= 15 is 0 Å². The van der Waals surface area contributed by atoms with Crippen LogP contribution in [0.1, 0.15) is 46.4 Å². The number of fused-ring (bicyclic) bond motifs is 1. The fourth-order valence-corrected chi connectivity index (χ4v) is 4.25. The van der Waals surface area contributed by atoms with Crippen LogP contribution >= 0.6 is 11.3 Å². The molecule has 0 aliphatic rings. The first-order valence-corrected chi connectivity index (χ1v) is 10.9. The fourth-order valence-electron chi connectivity index (χ4n) is 3.55. The highest BCUT2D eigenvalue weighted by molar-refractivity contribution is 7.09. The van der Waals surface area contributed by atoms with Gasteiger partial charge in [-0.1, -0.05) is 31.5 Å². The molecule has 4 aromatic rings. The molecule has 0 bridgehead atoms. The van der Waals surface area contributed by atoms with Crippen LogP contribution in [0.15, 0.2) is 58.8 Å². The first-order chi connectivity index (χ1) is 14.6. The average molecular weight is 422 g/mol. The Kier molecular flexibility index (Phi) is 5.81. The van der Waals surface area contributed by atoms with Gasteiger partial charge in [0.2, 0.25) is 0 Å². The van der Waals surface area contributed by atoms with Crippen LogP contribution in [-0.2, 0) is 19.5 Å². The number of carboxylic acids is 1. The van der Waals surface area contributed by atoms with Gasteiger partial charge < -0.3 is 14.2 Å². The molecule has 0 amide bonds. The Labute approximate surface area is 178 Å². The third kappa shape index (κ3) is 4.07. The maximum Gasteiger partial charge on any atom is 0.335 e. The summed E-state index contributed by atoms with van der Waals surface area (Å²) in [6.45, 7) is 3.15. The van der Waals surface area contributed by atoms with Crippen LogP contribution in [0.2, 0.25) is 0 Å². The van der Waals surface area contributed by atoms with Crippen molar-refractivity contribution in [2.45, 2.75) is 39.3 Å². The quantitative estimate of drug-likeness (QED) is 0.458. The van der Waals surface area contributed by atoms with E-state index in [1.54, 1.807) is 40.2 Å². The summed E-state index contributed by atoms with van der Waals surface area (Å²) < 4.78 is 3.72. The van der Waals surface area contributed by atoms with Crippen molar-refractivity contribution in [2.24, 2.45) is 0 Å². The number of hydrogen-bond donors (Lipinski definition) is 1. The molecule has 6 nitrogen and oxygen atoms in total. The van der Waals surface area contributed by atoms with Gasteiger partial charge in [0.05, 0.1) is 17.6 Å². The summed E-state index contributed by atoms with van der Waals surface area (Å²) in [5.74, 6) is -0.0603. The number of aromatic nitrogens is 3. The summed E-state index contributed by atoms with van der Waals surface area (Å²) in [5, 5.41) is 11.1. The van der Waals surface area contributed by atoms with Crippen LogP contribution < -0.4 is 5.56 Å². The average Bonchev–Trinajstić information content (AvgIpc) is 3.37. The molecule has 1 N–H and O–H groups in total. The van der Waals surface area contributed by atoms with Gasteiger partial charge >= 0.3 is 5.97 Å². The number of carbonyl (C=O) groups is 1. The van der Waals surface area contributed by atoms with E-state index in [-0.39, 0.29) is 11.1 Å². The number of thiophene rings is 1. The number of rotatable bonds is 8. The molecule has 0 aliphatic carbocycles. The second-order valence-electron chi connectivity index (χ2n) is 7.28. The SMILES string of the molecule is CCCCc1nc2ccn(Cc3cccs3)c(=O)c2n1Cc1ccc(C(=O)O)cc1. The predicted octanol–water partition coefficient (Wildman–Crippen LogP) is 4.40. The molecule has 4 rings (SSSR count). The van der Waals surface area contributed by atoms with Crippen LogP contribution in [0.5, 0.6) is 0 Å². The third-order valence-electron chi connectivity index (χ3n) is 5.15. The smallest absolute Gasteiger partial charge is 0.335 e. The Morgan fingerprint density at radius 3 is 2.60 bits per heavy atom. The second-order valence-corrected chi connectivity index (χ2v) is 8.31. The molecule has 154 valence electrons. The zero-order valence-corrected chi connectivity index (χ0v) is 17.6. The topological polar surface area (TPSA) is 77.1 Å². The van der Waals surface area contributed by atoms with Gasteiger partial charge in [0.25, 0.3) is 5.56 Å². The Balaban J connectivity index is 1.77. The highest BCUT2D eigenvalue weighted by Gasteiger charge is 2.16. The number of hydrogen-bond acceptors (Lipinski definition) is 4. The van der Waals surface area contributed by atoms with Crippen molar-refractivity contribution in [2.75, 3.05) is 0 Å². The third-order valence-corrected chi connectivity index (χ3v) is 6.01. The molecule has 3 heterocycles. The van der Waals surface area contributed by atoms with E-state index in [0.29, 0.717) is 24.1 Å². The molecule has 0 radical (unpaired) electrons. The van der Waals surface area contributed by atoms with E-state index in [2.05, 4.69) is 6.92 Å². The number of pyridine rings is 1. The first kappa shape index (κ1) is 20.1. The molecule has 7 heteroatoms. The zero-order valence-electron chi connectivity index (χ0n) is 16.7. The fraction of sp³-hybridized carbons (Fsp3) is 0.261. The maximum absolute atomic E-state index is 13.3. The lowest BCUT2D eigenvalue weighted by molar-refractivity contribution is 0.0697. The highest BCUT2D eigenvalue weighted by atomic mass is 32.1. The molecular formula is C23H23N3O3S. The number of aryl methyl sites for hydroxylation is 1. The molecular weight excluding hydrogens is 398 g/mol. The molecule has 1 aromatic carbocycles. The van der Waals surface area contributed by atoms with Crippen molar-refractivity contribution in [3.05, 3.63) is 86.2 Å². The van der Waals surface area contributed by atoms with Crippen LogP contribution in [0, 0.1) is 0 Å². The van der Waals surface area contributed by atoms with E-state index < -0.39 is 5.97 Å². The molecule has 0 atom stereocenters. The maximum atomic E-state index is 13.3. The van der Waals surface area contributed by atoms with Crippen molar-refractivity contribution < 1.29 is 9.90 Å². The summed E-state index contributed by atoms with van der Waals surface area (Å²) in [4.78, 5) is 30.3. The molecule has 0 spiro atoms. The monoisotopic (exact) mass is 421 g/mol. The van der Waals surface area contributed by atoms with Gasteiger partial charge in [-0.3, -0.25) is 4.79 Å². The number of nitrogens with zero attached hydrogens (tertiary/aromatic N) is 3. The largest absolute Gasteiger partial charge is 0.478 e. The number of benzene rings is 1. The van der Waals surface area contributed by atoms with Crippen molar-refractivity contribution in [1.82, 2.24) is 14.1 Å². The Morgan fingerprint density at radius 1 is 1.13 bits per heavy atom. The van der Waals surface area contributed by atoms with Crippen molar-refractivity contribution in [3.63, 3.8) is 0 Å². The van der Waals surface area contributed by atoms with Crippen molar-refractivity contribution in [1.29, 1.82) is 0 Å². The number of carboxylic acid groups (broad SMARTS) is 1. The number of imidazole rings is 1. The zero-order chi connectivity index (χ0) is 21.1. The molecule has 0 fully saturated rings. The highest BCUT2D eigenvalue weighted by Crippen LogP contribution is 2.18. The number of aromatic carboxylic acids is 1. The minimum atomic E-state index is -0.949. The summed E-state index contributed by atoms with van der Waals surface area (Å²) in [7, 11) is 0. The van der Waals surface area contributed by atoms with Crippen molar-refractivity contribution in [3.8, 4) is 0 Å². The Morgan fingerprint density at radius 2 is 1.93 bits per heavy atom. The van der Waals surface area contributed by atoms with Gasteiger partial charge in [0.1, 0.15) is 11.3 Å². The standard InChI is InChI=1S/C23H23N3O3S/c1-2-3-6-20-24-19-11-12-25(15-18-5-4-13-30-18)22(27)21(19)26(20)14-16-7-9-17(10-8-16)23(28)29/h4-5,7-13H,2-3,6,14-15H2,1H3,(H,28,29). The Bertz CT molecular complexity index is 1220. The summed E-state index contributed by atoms with van der Waals surface area (Å²) >= 11 is 1.63. The predicted molar refractivity (Wildman–Crippen MR) is 119 cm³/mol. The molecule has 0 aliphatic heterocycles. The molecule has 0 unspecified atom stereocenters. The molecule has 30 heavy (non-hydrogen) atoms. The Hall–Kier alpha value is -3.19. The first-order valence-electron chi connectivity index (χ1n) is 10.00. The van der Waals surface area contributed by atoms with Crippen LogP contribution in [0.25, 0.3) is 11.0 Å². The second kappa shape index (κ2) is 8.67. The lowest BCUT2D eigenvalue weighted by Gasteiger charge is -2.10. The van der Waals surface area contributed by atoms with E-state index in [9.17, 15) is 9.59 Å². The van der Waals surface area contributed by atoms with Crippen LogP contribution in [0.4, 0.5) is 0 Å². The van der Waals surface area contributed by atoms with Gasteiger partial charge in [0, 0.05) is 24.0 Å². The summed E-state index contributed by atoms with van der Waals surface area (Å²) in [6, 6.07) is 12.7. The number of unbranched alkanes of at least 4 members (excludes halogenated alkanes) is 1.